The van der Waals surface area contributed by atoms with Crippen LogP contribution in [0, 0.1) is 11.6 Å². The summed E-state index contributed by atoms with van der Waals surface area (Å²) < 4.78 is 27.8. The van der Waals surface area contributed by atoms with E-state index in [2.05, 4.69) is 5.32 Å². The molecule has 1 aliphatic rings. The number of aliphatic hydroxyl groups excluding tert-OH is 1. The van der Waals surface area contributed by atoms with Crippen molar-refractivity contribution in [3.05, 3.63) is 65.7 Å². The minimum atomic E-state index is -0.759. The predicted octanol–water partition coefficient (Wildman–Crippen LogP) is 2.39. The van der Waals surface area contributed by atoms with Crippen molar-refractivity contribution in [2.45, 2.75) is 18.5 Å². The molecule has 0 bridgehead atoms. The van der Waals surface area contributed by atoms with Gasteiger partial charge in [0, 0.05) is 6.54 Å². The fraction of sp³-hybridized carbons (Fsp3) is 0.278. The minimum absolute atomic E-state index is 0.179. The Hall–Kier alpha value is -2.31. The third-order valence-electron chi connectivity index (χ3n) is 4.20. The van der Waals surface area contributed by atoms with E-state index in [-0.39, 0.29) is 18.8 Å². The highest BCUT2D eigenvalue weighted by Gasteiger charge is 2.36. The third-order valence-corrected chi connectivity index (χ3v) is 4.20. The van der Waals surface area contributed by atoms with Crippen LogP contribution in [-0.4, -0.2) is 30.2 Å². The lowest BCUT2D eigenvalue weighted by Gasteiger charge is -2.22. The van der Waals surface area contributed by atoms with E-state index in [0.29, 0.717) is 6.42 Å². The summed E-state index contributed by atoms with van der Waals surface area (Å²) in [6.45, 7) is 0.0448. The molecule has 0 aliphatic carbocycles. The minimum Gasteiger partial charge on any atom is -0.394 e. The first-order valence-electron chi connectivity index (χ1n) is 7.79. The first-order chi connectivity index (χ1) is 11.6. The van der Waals surface area contributed by atoms with Crippen LogP contribution in [0.25, 0.3) is 0 Å². The van der Waals surface area contributed by atoms with Crippen LogP contribution in [0.1, 0.15) is 18.0 Å². The zero-order valence-electron chi connectivity index (χ0n) is 13.0. The molecule has 2 aromatic rings. The Balaban J connectivity index is 1.77. The molecule has 2 N–H and O–H groups in total. The van der Waals surface area contributed by atoms with Crippen molar-refractivity contribution in [2.24, 2.45) is 0 Å². The average Bonchev–Trinajstić information content (AvgIpc) is 2.94. The van der Waals surface area contributed by atoms with Gasteiger partial charge in [-0.3, -0.25) is 10.1 Å². The molecule has 2 aromatic carbocycles. The number of benzene rings is 2. The summed E-state index contributed by atoms with van der Waals surface area (Å²) in [6.07, 6.45) is 0.413. The monoisotopic (exact) mass is 332 g/mol. The van der Waals surface area contributed by atoms with Gasteiger partial charge in [-0.2, -0.15) is 0 Å². The molecule has 2 unspecified atom stereocenters. The van der Waals surface area contributed by atoms with Crippen molar-refractivity contribution in [1.29, 1.82) is 0 Å². The first kappa shape index (κ1) is 16.5. The average molecular weight is 332 g/mol. The number of amides is 1. The zero-order chi connectivity index (χ0) is 17.1. The Kier molecular flexibility index (Phi) is 4.87. The Morgan fingerprint density at radius 3 is 2.42 bits per heavy atom. The maximum absolute atomic E-state index is 13.9. The number of aliphatic hydroxyl groups is 1. The molecular formula is C18H18F2N2O2. The summed E-state index contributed by atoms with van der Waals surface area (Å²) >= 11 is 0. The summed E-state index contributed by atoms with van der Waals surface area (Å²) in [5.74, 6) is -1.91. The van der Waals surface area contributed by atoms with Crippen LogP contribution in [0.3, 0.4) is 0 Å². The van der Waals surface area contributed by atoms with Crippen LogP contribution in [0.5, 0.6) is 0 Å². The molecule has 126 valence electrons. The highest BCUT2D eigenvalue weighted by atomic mass is 19.1. The van der Waals surface area contributed by atoms with E-state index in [1.807, 2.05) is 30.3 Å². The fourth-order valence-corrected chi connectivity index (χ4v) is 2.99. The lowest BCUT2D eigenvalue weighted by molar-refractivity contribution is -0.119. The van der Waals surface area contributed by atoms with Gasteiger partial charge in [-0.05, 0) is 24.1 Å². The van der Waals surface area contributed by atoms with Gasteiger partial charge in [0.25, 0.3) is 0 Å². The maximum Gasteiger partial charge on any atom is 0.244 e. The van der Waals surface area contributed by atoms with E-state index in [9.17, 15) is 18.7 Å². The van der Waals surface area contributed by atoms with Crippen molar-refractivity contribution < 1.29 is 18.7 Å². The van der Waals surface area contributed by atoms with Crippen molar-refractivity contribution in [3.8, 4) is 0 Å². The van der Waals surface area contributed by atoms with E-state index in [1.165, 1.54) is 6.07 Å². The second kappa shape index (κ2) is 7.07. The van der Waals surface area contributed by atoms with Crippen molar-refractivity contribution in [3.63, 3.8) is 0 Å². The summed E-state index contributed by atoms with van der Waals surface area (Å²) in [4.78, 5) is 13.7. The second-order valence-corrected chi connectivity index (χ2v) is 5.71. The molecular weight excluding hydrogens is 314 g/mol. The first-order valence-corrected chi connectivity index (χ1v) is 7.79. The summed E-state index contributed by atoms with van der Waals surface area (Å²) in [5.41, 5.74) is 0.537. The van der Waals surface area contributed by atoms with Gasteiger partial charge < -0.3 is 10.0 Å². The Morgan fingerprint density at radius 1 is 1.12 bits per heavy atom. The van der Waals surface area contributed by atoms with Crippen molar-refractivity contribution in [2.75, 3.05) is 18.1 Å². The number of halogens is 2. The SMILES string of the molecule is O=C1C(NC(CO)c2ccccc2)CCN1c1c(F)cccc1F. The number of anilines is 1. The number of hydrogen-bond acceptors (Lipinski definition) is 3. The molecule has 0 aromatic heterocycles. The molecule has 1 fully saturated rings. The number of carbonyl (C=O) groups excluding carboxylic acids is 1. The molecule has 4 nitrogen and oxygen atoms in total. The van der Waals surface area contributed by atoms with E-state index < -0.39 is 29.6 Å². The van der Waals surface area contributed by atoms with E-state index in [0.717, 1.165) is 22.6 Å². The summed E-state index contributed by atoms with van der Waals surface area (Å²) in [7, 11) is 0. The van der Waals surface area contributed by atoms with E-state index in [4.69, 9.17) is 0 Å². The fourth-order valence-electron chi connectivity index (χ4n) is 2.99. The number of para-hydroxylation sites is 1. The molecule has 0 spiro atoms. The van der Waals surface area contributed by atoms with Gasteiger partial charge in [-0.25, -0.2) is 8.78 Å². The number of hydrogen-bond donors (Lipinski definition) is 2. The van der Waals surface area contributed by atoms with Gasteiger partial charge in [-0.1, -0.05) is 36.4 Å². The normalized spacial score (nSPS) is 18.9. The van der Waals surface area contributed by atoms with Crippen molar-refractivity contribution >= 4 is 11.6 Å². The predicted molar refractivity (Wildman–Crippen MR) is 86.5 cm³/mol. The molecule has 1 heterocycles. The number of carbonyl (C=O) groups is 1. The quantitative estimate of drug-likeness (QED) is 0.884. The summed E-state index contributed by atoms with van der Waals surface area (Å²) in [5, 5.41) is 12.7. The topological polar surface area (TPSA) is 52.6 Å². The molecule has 3 rings (SSSR count). The molecule has 1 saturated heterocycles. The van der Waals surface area contributed by atoms with Crippen LogP contribution >= 0.6 is 0 Å². The lowest BCUT2D eigenvalue weighted by atomic mass is 10.1. The third kappa shape index (κ3) is 3.16. The number of rotatable bonds is 5. The molecule has 2 atom stereocenters. The number of nitrogens with zero attached hydrogens (tertiary/aromatic N) is 1. The van der Waals surface area contributed by atoms with E-state index >= 15 is 0 Å². The van der Waals surface area contributed by atoms with Crippen LogP contribution < -0.4 is 10.2 Å². The highest BCUT2D eigenvalue weighted by molar-refractivity contribution is 5.99. The van der Waals surface area contributed by atoms with Crippen LogP contribution in [0.4, 0.5) is 14.5 Å². The molecule has 24 heavy (non-hydrogen) atoms. The highest BCUT2D eigenvalue weighted by Crippen LogP contribution is 2.28. The Labute approximate surface area is 138 Å². The molecule has 1 aliphatic heterocycles. The van der Waals surface area contributed by atoms with Gasteiger partial charge in [-0.15, -0.1) is 0 Å². The lowest BCUT2D eigenvalue weighted by Crippen LogP contribution is -2.41. The van der Waals surface area contributed by atoms with Gasteiger partial charge in [0.15, 0.2) is 0 Å². The van der Waals surface area contributed by atoms with Gasteiger partial charge in [0.2, 0.25) is 5.91 Å². The smallest absolute Gasteiger partial charge is 0.244 e. The Bertz CT molecular complexity index is 704. The number of nitrogens with one attached hydrogen (secondary N) is 1. The maximum atomic E-state index is 13.9. The van der Waals surface area contributed by atoms with Crippen LogP contribution in [0.15, 0.2) is 48.5 Å². The Morgan fingerprint density at radius 2 is 1.79 bits per heavy atom. The molecule has 0 saturated carbocycles. The van der Waals surface area contributed by atoms with Gasteiger partial charge in [0.1, 0.15) is 17.3 Å². The molecule has 1 amide bonds. The standard InChI is InChI=1S/C18H18F2N2O2/c19-13-7-4-8-14(20)17(13)22-10-9-15(18(22)24)21-16(11-23)12-5-2-1-3-6-12/h1-8,15-16,21,23H,9-11H2. The van der Waals surface area contributed by atoms with Crippen LogP contribution in [-0.2, 0) is 4.79 Å². The zero-order valence-corrected chi connectivity index (χ0v) is 13.0. The summed E-state index contributed by atoms with van der Waals surface area (Å²) in [6, 6.07) is 11.8. The van der Waals surface area contributed by atoms with Crippen LogP contribution in [0.2, 0.25) is 0 Å². The van der Waals surface area contributed by atoms with E-state index in [1.54, 1.807) is 0 Å². The molecule has 6 heteroatoms. The second-order valence-electron chi connectivity index (χ2n) is 5.71. The van der Waals surface area contributed by atoms with Gasteiger partial charge >= 0.3 is 0 Å². The largest absolute Gasteiger partial charge is 0.394 e. The molecule has 0 radical (unpaired) electrons. The van der Waals surface area contributed by atoms with Gasteiger partial charge in [0.05, 0.1) is 18.7 Å². The van der Waals surface area contributed by atoms with Crippen molar-refractivity contribution in [1.82, 2.24) is 5.32 Å².